The fraction of sp³-hybridized carbons (Fsp3) is 0.364. The predicted molar refractivity (Wildman–Crippen MR) is 115 cm³/mol. The fourth-order valence-corrected chi connectivity index (χ4v) is 4.94. The molecule has 1 aromatic carbocycles. The largest absolute Gasteiger partial charge is 0.497 e. The number of carbonyl (C=O) groups excluding carboxylic acids is 1. The number of H-pyrrole nitrogens is 1. The number of amides is 1. The Labute approximate surface area is 176 Å². The van der Waals surface area contributed by atoms with Gasteiger partial charge in [0.15, 0.2) is 0 Å². The molecule has 0 radical (unpaired) electrons. The zero-order valence-corrected chi connectivity index (χ0v) is 17.4. The molecular formula is C22H25ClN4O2. The van der Waals surface area contributed by atoms with Gasteiger partial charge >= 0.3 is 0 Å². The van der Waals surface area contributed by atoms with Crippen LogP contribution in [0, 0.1) is 11.8 Å². The van der Waals surface area contributed by atoms with Crippen LogP contribution >= 0.6 is 12.4 Å². The van der Waals surface area contributed by atoms with Crippen molar-refractivity contribution in [2.75, 3.05) is 33.8 Å². The molecule has 2 aromatic heterocycles. The standard InChI is InChI=1S/C22H24N4O2.ClH/c1-25-11-16-12-26(22(27)19-8-5-15-9-10-23-21(15)24-19)13-18(16)20(25)14-3-6-17(28-2)7-4-14;/h3-10,16,18,20H,11-13H2,1-2H3,(H,23,24);1H/t16-,18+,20-;/m0./s1. The molecule has 2 saturated heterocycles. The first-order chi connectivity index (χ1) is 13.6. The van der Waals surface area contributed by atoms with Crippen LogP contribution in [0.5, 0.6) is 5.75 Å². The molecule has 0 saturated carbocycles. The van der Waals surface area contributed by atoms with Gasteiger partial charge in [0, 0.05) is 43.2 Å². The topological polar surface area (TPSA) is 61.5 Å². The summed E-state index contributed by atoms with van der Waals surface area (Å²) < 4.78 is 5.29. The minimum Gasteiger partial charge on any atom is -0.497 e. The van der Waals surface area contributed by atoms with Crippen LogP contribution in [-0.4, -0.2) is 59.5 Å². The lowest BCUT2D eigenvalue weighted by Crippen LogP contribution is -2.33. The molecule has 6 nitrogen and oxygen atoms in total. The first-order valence-corrected chi connectivity index (χ1v) is 9.71. The average molecular weight is 413 g/mol. The molecule has 7 heteroatoms. The summed E-state index contributed by atoms with van der Waals surface area (Å²) in [7, 11) is 3.87. The monoisotopic (exact) mass is 412 g/mol. The summed E-state index contributed by atoms with van der Waals surface area (Å²) in [5.41, 5.74) is 2.57. The van der Waals surface area contributed by atoms with Crippen LogP contribution in [0.1, 0.15) is 22.1 Å². The summed E-state index contributed by atoms with van der Waals surface area (Å²) >= 11 is 0. The third-order valence-corrected chi connectivity index (χ3v) is 6.27. The van der Waals surface area contributed by atoms with Crippen molar-refractivity contribution < 1.29 is 9.53 Å². The molecule has 0 unspecified atom stereocenters. The minimum atomic E-state index is 0. The molecule has 1 amide bonds. The average Bonchev–Trinajstić information content (AvgIpc) is 3.41. The first kappa shape index (κ1) is 19.7. The van der Waals surface area contributed by atoms with Crippen LogP contribution in [0.3, 0.4) is 0 Å². The molecule has 2 aliphatic rings. The maximum absolute atomic E-state index is 13.1. The van der Waals surface area contributed by atoms with Gasteiger partial charge in [-0.1, -0.05) is 12.1 Å². The van der Waals surface area contributed by atoms with Gasteiger partial charge in [0.2, 0.25) is 0 Å². The first-order valence-electron chi connectivity index (χ1n) is 9.71. The Balaban J connectivity index is 0.00000205. The van der Waals surface area contributed by atoms with Gasteiger partial charge < -0.3 is 14.6 Å². The number of ether oxygens (including phenoxy) is 1. The minimum absolute atomic E-state index is 0. The van der Waals surface area contributed by atoms with Gasteiger partial charge in [-0.25, -0.2) is 4.98 Å². The van der Waals surface area contributed by atoms with Crippen molar-refractivity contribution in [3.05, 3.63) is 59.9 Å². The molecular weight excluding hydrogens is 388 g/mol. The SMILES string of the molecule is COc1ccc([C@H]2[C@@H]3CN(C(=O)c4ccc5cc[nH]c5n4)C[C@@H]3CN2C)cc1.Cl. The van der Waals surface area contributed by atoms with Crippen molar-refractivity contribution in [3.8, 4) is 5.75 Å². The molecule has 2 aliphatic heterocycles. The lowest BCUT2D eigenvalue weighted by Gasteiger charge is -2.27. The van der Waals surface area contributed by atoms with Crippen LogP contribution in [0.15, 0.2) is 48.7 Å². The summed E-state index contributed by atoms with van der Waals surface area (Å²) in [6.07, 6.45) is 1.85. The summed E-state index contributed by atoms with van der Waals surface area (Å²) in [6.45, 7) is 2.58. The smallest absolute Gasteiger partial charge is 0.272 e. The van der Waals surface area contributed by atoms with E-state index in [-0.39, 0.29) is 18.3 Å². The van der Waals surface area contributed by atoms with Gasteiger partial charge in [0.1, 0.15) is 17.1 Å². The zero-order chi connectivity index (χ0) is 19.3. The predicted octanol–water partition coefficient (Wildman–Crippen LogP) is 3.37. The molecule has 5 rings (SSSR count). The van der Waals surface area contributed by atoms with Crippen LogP contribution < -0.4 is 4.74 Å². The number of pyridine rings is 1. The number of methoxy groups -OCH3 is 1. The highest BCUT2D eigenvalue weighted by molar-refractivity contribution is 5.94. The van der Waals surface area contributed by atoms with Crippen molar-refractivity contribution in [3.63, 3.8) is 0 Å². The third-order valence-electron chi connectivity index (χ3n) is 6.27. The van der Waals surface area contributed by atoms with E-state index in [1.807, 2.05) is 41.4 Å². The number of likely N-dealkylation sites (tertiary alicyclic amines) is 2. The van der Waals surface area contributed by atoms with Gasteiger partial charge in [-0.3, -0.25) is 9.69 Å². The van der Waals surface area contributed by atoms with E-state index in [2.05, 4.69) is 34.0 Å². The van der Waals surface area contributed by atoms with Gasteiger partial charge in [-0.15, -0.1) is 12.4 Å². The fourth-order valence-electron chi connectivity index (χ4n) is 4.94. The number of hydrogen-bond donors (Lipinski definition) is 1. The van der Waals surface area contributed by atoms with Gasteiger partial charge in [0.25, 0.3) is 5.91 Å². The van der Waals surface area contributed by atoms with Crippen molar-refractivity contribution in [2.45, 2.75) is 6.04 Å². The van der Waals surface area contributed by atoms with E-state index < -0.39 is 0 Å². The molecule has 1 N–H and O–H groups in total. The number of aromatic nitrogens is 2. The van der Waals surface area contributed by atoms with Crippen molar-refractivity contribution >= 4 is 29.3 Å². The molecule has 4 heterocycles. The maximum atomic E-state index is 13.1. The Kier molecular flexibility index (Phi) is 5.23. The number of benzene rings is 1. The summed E-state index contributed by atoms with van der Waals surface area (Å²) in [5.74, 6) is 1.84. The van der Waals surface area contributed by atoms with Crippen molar-refractivity contribution in [2.24, 2.45) is 11.8 Å². The molecule has 0 bridgehead atoms. The number of hydrogen-bond acceptors (Lipinski definition) is 4. The van der Waals surface area contributed by atoms with Gasteiger partial charge in [-0.05, 0) is 48.9 Å². The number of rotatable bonds is 3. The van der Waals surface area contributed by atoms with Gasteiger partial charge in [-0.2, -0.15) is 0 Å². The summed E-state index contributed by atoms with van der Waals surface area (Å²) in [6, 6.07) is 14.4. The number of aromatic amines is 1. The van der Waals surface area contributed by atoms with Crippen LogP contribution in [-0.2, 0) is 0 Å². The quantitative estimate of drug-likeness (QED) is 0.716. The van der Waals surface area contributed by atoms with E-state index in [4.69, 9.17) is 4.74 Å². The Hall–Kier alpha value is -2.57. The Morgan fingerprint density at radius 1 is 1.10 bits per heavy atom. The normalized spacial score (nSPS) is 23.8. The zero-order valence-electron chi connectivity index (χ0n) is 16.5. The molecule has 0 aliphatic carbocycles. The number of nitrogens with one attached hydrogen (secondary N) is 1. The number of carbonyl (C=O) groups is 1. The molecule has 0 spiro atoms. The van der Waals surface area contributed by atoms with E-state index in [0.29, 0.717) is 23.6 Å². The third kappa shape index (κ3) is 3.36. The molecule has 152 valence electrons. The second-order valence-corrected chi connectivity index (χ2v) is 7.90. The van der Waals surface area contributed by atoms with E-state index in [1.165, 1.54) is 5.56 Å². The van der Waals surface area contributed by atoms with Crippen LogP contribution in [0.25, 0.3) is 11.0 Å². The molecule has 3 aromatic rings. The second-order valence-electron chi connectivity index (χ2n) is 7.90. The Bertz CT molecular complexity index is 1020. The highest BCUT2D eigenvalue weighted by Crippen LogP contribution is 2.44. The van der Waals surface area contributed by atoms with E-state index in [0.717, 1.165) is 36.4 Å². The highest BCUT2D eigenvalue weighted by atomic mass is 35.5. The number of fused-ring (bicyclic) bond motifs is 2. The van der Waals surface area contributed by atoms with Crippen molar-refractivity contribution in [1.29, 1.82) is 0 Å². The Morgan fingerprint density at radius 3 is 2.66 bits per heavy atom. The number of halogens is 1. The molecule has 3 atom stereocenters. The van der Waals surface area contributed by atoms with E-state index in [1.54, 1.807) is 7.11 Å². The number of nitrogens with zero attached hydrogens (tertiary/aromatic N) is 3. The summed E-state index contributed by atoms with van der Waals surface area (Å²) in [5, 5.41) is 1.02. The molecule has 29 heavy (non-hydrogen) atoms. The van der Waals surface area contributed by atoms with E-state index in [9.17, 15) is 4.79 Å². The maximum Gasteiger partial charge on any atom is 0.272 e. The molecule has 2 fully saturated rings. The van der Waals surface area contributed by atoms with Crippen LogP contribution in [0.4, 0.5) is 0 Å². The van der Waals surface area contributed by atoms with Crippen LogP contribution in [0.2, 0.25) is 0 Å². The van der Waals surface area contributed by atoms with Gasteiger partial charge in [0.05, 0.1) is 7.11 Å². The lowest BCUT2D eigenvalue weighted by atomic mass is 9.89. The summed E-state index contributed by atoms with van der Waals surface area (Å²) in [4.78, 5) is 25.1. The lowest BCUT2D eigenvalue weighted by molar-refractivity contribution is 0.0762. The Morgan fingerprint density at radius 2 is 1.90 bits per heavy atom. The van der Waals surface area contributed by atoms with E-state index >= 15 is 0 Å². The highest BCUT2D eigenvalue weighted by Gasteiger charge is 2.47. The van der Waals surface area contributed by atoms with Crippen molar-refractivity contribution in [1.82, 2.24) is 19.8 Å². The second kappa shape index (κ2) is 7.69.